The number of pyridine rings is 1. The zero-order valence-corrected chi connectivity index (χ0v) is 11.9. The van der Waals surface area contributed by atoms with Gasteiger partial charge in [0.1, 0.15) is 5.82 Å². The first kappa shape index (κ1) is 13.8. The number of anilines is 1. The third kappa shape index (κ3) is 2.55. The molecule has 0 atom stereocenters. The Morgan fingerprint density at radius 3 is 2.81 bits per heavy atom. The highest BCUT2D eigenvalue weighted by Crippen LogP contribution is 2.22. The topological polar surface area (TPSA) is 105 Å². The van der Waals surface area contributed by atoms with E-state index in [0.29, 0.717) is 23.3 Å². The van der Waals surface area contributed by atoms with Crippen molar-refractivity contribution in [2.45, 2.75) is 4.90 Å². The molecule has 1 aromatic heterocycles. The van der Waals surface area contributed by atoms with Gasteiger partial charge in [0.25, 0.3) is 0 Å². The number of nitrogen functional groups attached to an aromatic ring is 1. The van der Waals surface area contributed by atoms with Crippen LogP contribution in [0.2, 0.25) is 0 Å². The van der Waals surface area contributed by atoms with Crippen LogP contribution < -0.4 is 11.1 Å². The number of fused-ring (bicyclic) bond motifs is 1. The van der Waals surface area contributed by atoms with Crippen LogP contribution in [0.25, 0.3) is 10.9 Å². The molecule has 1 amide bonds. The third-order valence-corrected chi connectivity index (χ3v) is 5.16. The molecule has 0 spiro atoms. The molecular formula is C13H14N4O3S. The van der Waals surface area contributed by atoms with E-state index in [1.807, 2.05) is 0 Å². The fourth-order valence-corrected chi connectivity index (χ4v) is 3.68. The first-order valence-corrected chi connectivity index (χ1v) is 7.84. The highest BCUT2D eigenvalue weighted by molar-refractivity contribution is 7.89. The second kappa shape index (κ2) is 4.97. The van der Waals surface area contributed by atoms with Crippen molar-refractivity contribution in [2.24, 2.45) is 0 Å². The average molecular weight is 306 g/mol. The summed E-state index contributed by atoms with van der Waals surface area (Å²) in [5.74, 6) is 0.0888. The van der Waals surface area contributed by atoms with Crippen molar-refractivity contribution in [1.29, 1.82) is 0 Å². The molecule has 3 N–H and O–H groups in total. The van der Waals surface area contributed by atoms with Crippen LogP contribution in [0, 0.1) is 0 Å². The molecule has 1 aliphatic rings. The number of nitrogens with two attached hydrogens (primary N) is 1. The van der Waals surface area contributed by atoms with Crippen LogP contribution in [-0.2, 0) is 14.8 Å². The fraction of sp³-hybridized carbons (Fsp3) is 0.231. The molecular weight excluding hydrogens is 292 g/mol. The lowest BCUT2D eigenvalue weighted by atomic mass is 10.2. The lowest BCUT2D eigenvalue weighted by Crippen LogP contribution is -2.49. The first-order chi connectivity index (χ1) is 9.96. The number of amides is 1. The zero-order valence-electron chi connectivity index (χ0n) is 11.1. The van der Waals surface area contributed by atoms with Gasteiger partial charge >= 0.3 is 0 Å². The van der Waals surface area contributed by atoms with E-state index in [1.54, 1.807) is 24.3 Å². The van der Waals surface area contributed by atoms with Crippen molar-refractivity contribution in [3.8, 4) is 0 Å². The number of carbonyl (C=O) groups is 1. The monoisotopic (exact) mass is 306 g/mol. The summed E-state index contributed by atoms with van der Waals surface area (Å²) in [6.07, 6.45) is 0. The number of aromatic nitrogens is 1. The maximum Gasteiger partial charge on any atom is 0.243 e. The molecule has 0 saturated carbocycles. The molecule has 21 heavy (non-hydrogen) atoms. The highest BCUT2D eigenvalue weighted by atomic mass is 32.2. The number of nitrogens with zero attached hydrogens (tertiary/aromatic N) is 2. The van der Waals surface area contributed by atoms with Gasteiger partial charge in [0, 0.05) is 18.5 Å². The molecule has 3 rings (SSSR count). The normalized spacial score (nSPS) is 16.9. The number of nitrogens with one attached hydrogen (secondary N) is 1. The summed E-state index contributed by atoms with van der Waals surface area (Å²) >= 11 is 0. The first-order valence-electron chi connectivity index (χ1n) is 6.40. The summed E-state index contributed by atoms with van der Waals surface area (Å²) < 4.78 is 26.3. The molecule has 2 heterocycles. The van der Waals surface area contributed by atoms with E-state index < -0.39 is 10.0 Å². The van der Waals surface area contributed by atoms with Crippen molar-refractivity contribution in [1.82, 2.24) is 14.6 Å². The Morgan fingerprint density at radius 2 is 2.05 bits per heavy atom. The fourth-order valence-electron chi connectivity index (χ4n) is 2.25. The molecule has 8 heteroatoms. The number of piperazine rings is 1. The van der Waals surface area contributed by atoms with E-state index in [2.05, 4.69) is 10.3 Å². The molecule has 2 aromatic rings. The second-order valence-corrected chi connectivity index (χ2v) is 6.72. The van der Waals surface area contributed by atoms with Gasteiger partial charge in [0.15, 0.2) is 0 Å². The van der Waals surface area contributed by atoms with Crippen LogP contribution in [0.5, 0.6) is 0 Å². The summed E-state index contributed by atoms with van der Waals surface area (Å²) in [7, 11) is -3.68. The van der Waals surface area contributed by atoms with Crippen molar-refractivity contribution < 1.29 is 13.2 Å². The van der Waals surface area contributed by atoms with Crippen LogP contribution >= 0.6 is 0 Å². The maximum absolute atomic E-state index is 12.5. The van der Waals surface area contributed by atoms with Crippen molar-refractivity contribution >= 4 is 32.7 Å². The average Bonchev–Trinajstić information content (AvgIpc) is 2.46. The number of hydrogen-bond acceptors (Lipinski definition) is 5. The van der Waals surface area contributed by atoms with Crippen LogP contribution in [0.4, 0.5) is 5.82 Å². The SMILES string of the molecule is Nc1ccc2cc(S(=O)(=O)N3CCNC(=O)C3)ccc2n1. The standard InChI is InChI=1S/C13H14N4O3S/c14-12-4-1-9-7-10(2-3-11(9)16-12)21(19,20)17-6-5-15-13(18)8-17/h1-4,7H,5-6,8H2,(H2,14,16)(H,15,18). The second-order valence-electron chi connectivity index (χ2n) is 4.78. The summed E-state index contributed by atoms with van der Waals surface area (Å²) in [5.41, 5.74) is 6.23. The molecule has 1 aromatic carbocycles. The van der Waals surface area contributed by atoms with E-state index in [4.69, 9.17) is 5.73 Å². The third-order valence-electron chi connectivity index (χ3n) is 3.32. The molecule has 7 nitrogen and oxygen atoms in total. The van der Waals surface area contributed by atoms with Gasteiger partial charge in [-0.15, -0.1) is 0 Å². The van der Waals surface area contributed by atoms with E-state index in [1.165, 1.54) is 10.4 Å². The number of sulfonamides is 1. The summed E-state index contributed by atoms with van der Waals surface area (Å²) in [6, 6.07) is 7.98. The minimum absolute atomic E-state index is 0.149. The van der Waals surface area contributed by atoms with Gasteiger partial charge in [-0.1, -0.05) is 0 Å². The predicted octanol–water partition coefficient (Wildman–Crippen LogP) is -0.0625. The van der Waals surface area contributed by atoms with E-state index >= 15 is 0 Å². The molecule has 1 saturated heterocycles. The molecule has 1 aliphatic heterocycles. The van der Waals surface area contributed by atoms with Gasteiger partial charge in [-0.3, -0.25) is 4.79 Å². The van der Waals surface area contributed by atoms with Gasteiger partial charge < -0.3 is 11.1 Å². The van der Waals surface area contributed by atoms with Crippen molar-refractivity contribution in [2.75, 3.05) is 25.4 Å². The van der Waals surface area contributed by atoms with Gasteiger partial charge in [-0.05, 0) is 30.3 Å². The van der Waals surface area contributed by atoms with Gasteiger partial charge in [-0.25, -0.2) is 13.4 Å². The molecule has 110 valence electrons. The van der Waals surface area contributed by atoms with E-state index in [0.717, 1.165) is 0 Å². The Labute approximate surface area is 121 Å². The number of rotatable bonds is 2. The summed E-state index contributed by atoms with van der Waals surface area (Å²) in [5, 5.41) is 3.29. The van der Waals surface area contributed by atoms with Gasteiger partial charge in [0.05, 0.1) is 17.0 Å². The number of benzene rings is 1. The van der Waals surface area contributed by atoms with Gasteiger partial charge in [-0.2, -0.15) is 4.31 Å². The Kier molecular flexibility index (Phi) is 3.26. The van der Waals surface area contributed by atoms with Crippen LogP contribution in [0.3, 0.4) is 0 Å². The number of carbonyl (C=O) groups excluding carboxylic acids is 1. The summed E-state index contributed by atoms with van der Waals surface area (Å²) in [6.45, 7) is 0.441. The largest absolute Gasteiger partial charge is 0.384 e. The lowest BCUT2D eigenvalue weighted by molar-refractivity contribution is -0.122. The van der Waals surface area contributed by atoms with Crippen LogP contribution in [-0.4, -0.2) is 43.2 Å². The van der Waals surface area contributed by atoms with Crippen molar-refractivity contribution in [3.05, 3.63) is 30.3 Å². The maximum atomic E-state index is 12.5. The van der Waals surface area contributed by atoms with E-state index in [-0.39, 0.29) is 23.9 Å². The summed E-state index contributed by atoms with van der Waals surface area (Å²) in [4.78, 5) is 15.6. The zero-order chi connectivity index (χ0) is 15.0. The Balaban J connectivity index is 2.02. The molecule has 0 unspecified atom stereocenters. The minimum Gasteiger partial charge on any atom is -0.384 e. The van der Waals surface area contributed by atoms with Crippen molar-refractivity contribution in [3.63, 3.8) is 0 Å². The Hall–Kier alpha value is -2.19. The molecule has 0 radical (unpaired) electrons. The highest BCUT2D eigenvalue weighted by Gasteiger charge is 2.29. The smallest absolute Gasteiger partial charge is 0.243 e. The van der Waals surface area contributed by atoms with Crippen LogP contribution in [0.15, 0.2) is 35.2 Å². The Morgan fingerprint density at radius 1 is 1.24 bits per heavy atom. The van der Waals surface area contributed by atoms with E-state index in [9.17, 15) is 13.2 Å². The minimum atomic E-state index is -3.68. The quantitative estimate of drug-likeness (QED) is 0.808. The van der Waals surface area contributed by atoms with Gasteiger partial charge in [0.2, 0.25) is 15.9 Å². The molecule has 0 aliphatic carbocycles. The van der Waals surface area contributed by atoms with Crippen LogP contribution in [0.1, 0.15) is 0 Å². The lowest BCUT2D eigenvalue weighted by Gasteiger charge is -2.25. The number of hydrogen-bond donors (Lipinski definition) is 2. The predicted molar refractivity (Wildman–Crippen MR) is 77.9 cm³/mol. The molecule has 0 bridgehead atoms. The Bertz CT molecular complexity index is 819. The molecule has 1 fully saturated rings.